The fourth-order valence-electron chi connectivity index (χ4n) is 9.43. The summed E-state index contributed by atoms with van der Waals surface area (Å²) in [6, 6.07) is -2.57. The zero-order valence-electron chi connectivity index (χ0n) is 45.6. The number of unbranched alkanes of at least 4 members (excludes halogenated alkanes) is 3. The van der Waals surface area contributed by atoms with Gasteiger partial charge in [-0.1, -0.05) is 31.0 Å². The minimum atomic E-state index is -1.39. The molecule has 16 N–H and O–H groups in total. The molecular weight excluding hydrogens is 1060 g/mol. The van der Waals surface area contributed by atoms with E-state index in [4.69, 9.17) is 23.1 Å². The Hall–Kier alpha value is -7.71. The zero-order valence-corrected chi connectivity index (χ0v) is 46.3. The highest BCUT2D eigenvalue weighted by Crippen LogP contribution is 2.23. The number of benzene rings is 1. The van der Waals surface area contributed by atoms with Gasteiger partial charge in [0, 0.05) is 62.0 Å². The Labute approximate surface area is 468 Å². The van der Waals surface area contributed by atoms with Gasteiger partial charge in [-0.25, -0.2) is 9.59 Å². The standard InChI is InChI=1S/C52H79ClN14O13/c1-29-34(66-52(80)61-29)15-5-4-6-20-41(68)56-23-11-9-17-36(44(54)72)63-46(74)31(3)59-45(73)30(2)60-47(75)37(18-13-24-57-51(55)79)64-48(76)39(26-32-28-58-35-16-8-7-14-33(32)35)65-49(77)40-19-10-12-25-67(40)50(78)38(21-22-43(70)71)62-42(69)27-53/h7-8,14,16,28-31,34,36-40,58H,4-6,9-13,15,17-27H2,1-3H3,(H2,54,72)(H,56,68)(H,59,73)(H,60,75)(H,62,69)(H,63,74)(H,64,76)(H,65,77)(H,70,71)(H3,55,57,79)(H2,61,66,80)/t29-,30?,31?,34+,36?,37?,38?,39?,40+/m1/s1. The Kier molecular flexibility index (Phi) is 26.7. The fourth-order valence-corrected chi connectivity index (χ4v) is 9.51. The molecule has 3 heterocycles. The highest BCUT2D eigenvalue weighted by atomic mass is 35.5. The van der Waals surface area contributed by atoms with Crippen molar-refractivity contribution in [2.24, 2.45) is 11.5 Å². The molecule has 4 rings (SSSR count). The van der Waals surface area contributed by atoms with Gasteiger partial charge in [0.15, 0.2) is 0 Å². The molecule has 0 spiro atoms. The van der Waals surface area contributed by atoms with Gasteiger partial charge >= 0.3 is 18.0 Å². The van der Waals surface area contributed by atoms with Crippen molar-refractivity contribution in [3.63, 3.8) is 0 Å². The third-order valence-electron chi connectivity index (χ3n) is 13.9. The monoisotopic (exact) mass is 1140 g/mol. The molecule has 0 radical (unpaired) electrons. The second-order valence-corrected chi connectivity index (χ2v) is 20.5. The summed E-state index contributed by atoms with van der Waals surface area (Å²) in [5.41, 5.74) is 12.2. The number of piperidine rings is 1. The second kappa shape index (κ2) is 33.0. The Bertz CT molecular complexity index is 2510. The smallest absolute Gasteiger partial charge is 0.315 e. The number of carboxylic acids is 1. The number of carbonyl (C=O) groups is 12. The number of aromatic amines is 1. The van der Waals surface area contributed by atoms with Crippen LogP contribution in [0.5, 0.6) is 0 Å². The number of nitrogens with one attached hydrogen (secondary N) is 11. The molecule has 2 fully saturated rings. The first-order valence-electron chi connectivity index (χ1n) is 27.2. The number of nitrogens with zero attached hydrogens (tertiary/aromatic N) is 1. The minimum Gasteiger partial charge on any atom is -0.481 e. The average molecular weight is 1140 g/mol. The zero-order chi connectivity index (χ0) is 58.9. The largest absolute Gasteiger partial charge is 0.481 e. The second-order valence-electron chi connectivity index (χ2n) is 20.2. The number of hydrogen-bond acceptors (Lipinski definition) is 12. The number of amides is 13. The lowest BCUT2D eigenvalue weighted by Crippen LogP contribution is -2.61. The van der Waals surface area contributed by atoms with Crippen LogP contribution in [0.4, 0.5) is 9.59 Å². The molecular formula is C52H79ClN14O13. The van der Waals surface area contributed by atoms with Gasteiger partial charge in [0.1, 0.15) is 48.2 Å². The average Bonchev–Trinajstić information content (AvgIpc) is 4.05. The van der Waals surface area contributed by atoms with Crippen LogP contribution >= 0.6 is 11.6 Å². The molecule has 2 saturated heterocycles. The van der Waals surface area contributed by atoms with Crippen LogP contribution in [-0.2, 0) is 54.4 Å². The van der Waals surface area contributed by atoms with Crippen LogP contribution in [0.25, 0.3) is 10.9 Å². The highest BCUT2D eigenvalue weighted by molar-refractivity contribution is 6.27. The SMILES string of the molecule is CC(NC(=O)C(C)NC(=O)C(CCCNC(N)=O)NC(=O)C(Cc1c[nH]c2ccccc12)NC(=O)[C@@H]1CCCCN1C(=O)C(CCC(=O)O)NC(=O)CCl)C(=O)NC(CCCCNC(=O)CCCCC[C@@H]1NC(=O)N[C@@H]1C)C(N)=O. The Morgan fingerprint density at radius 1 is 0.700 bits per heavy atom. The summed E-state index contributed by atoms with van der Waals surface area (Å²) >= 11 is 5.69. The van der Waals surface area contributed by atoms with Crippen LogP contribution in [-0.4, -0.2) is 166 Å². The first-order chi connectivity index (χ1) is 38.1. The van der Waals surface area contributed by atoms with Crippen molar-refractivity contribution >= 4 is 93.7 Å². The number of aliphatic carboxylic acids is 1. The van der Waals surface area contributed by atoms with Crippen LogP contribution in [0.3, 0.4) is 0 Å². The summed E-state index contributed by atoms with van der Waals surface area (Å²) in [7, 11) is 0. The van der Waals surface area contributed by atoms with Crippen molar-refractivity contribution in [1.82, 2.24) is 63.1 Å². The Balaban J connectivity index is 1.38. The number of para-hydroxylation sites is 1. The van der Waals surface area contributed by atoms with Gasteiger partial charge in [0.25, 0.3) is 0 Å². The summed E-state index contributed by atoms with van der Waals surface area (Å²) in [5.74, 6) is -8.07. The van der Waals surface area contributed by atoms with Crippen LogP contribution < -0.4 is 64.6 Å². The van der Waals surface area contributed by atoms with E-state index in [-0.39, 0.29) is 75.6 Å². The third kappa shape index (κ3) is 21.5. The summed E-state index contributed by atoms with van der Waals surface area (Å²) < 4.78 is 0. The number of halogens is 1. The van der Waals surface area contributed by atoms with E-state index < -0.39 is 114 Å². The highest BCUT2D eigenvalue weighted by Gasteiger charge is 2.39. The molecule has 1 aromatic heterocycles. The summed E-state index contributed by atoms with van der Waals surface area (Å²) in [4.78, 5) is 159. The van der Waals surface area contributed by atoms with Crippen molar-refractivity contribution in [3.8, 4) is 0 Å². The number of carbonyl (C=O) groups excluding carboxylic acids is 11. The Morgan fingerprint density at radius 3 is 2.04 bits per heavy atom. The van der Waals surface area contributed by atoms with E-state index in [9.17, 15) is 62.6 Å². The van der Waals surface area contributed by atoms with Crippen LogP contribution in [0, 0.1) is 0 Å². The van der Waals surface area contributed by atoms with E-state index in [1.165, 1.54) is 18.7 Å². The van der Waals surface area contributed by atoms with Crippen molar-refractivity contribution in [1.29, 1.82) is 0 Å². The molecule has 0 aliphatic carbocycles. The molecule has 6 unspecified atom stereocenters. The maximum Gasteiger partial charge on any atom is 0.315 e. The van der Waals surface area contributed by atoms with E-state index in [0.717, 1.165) is 30.2 Å². The molecule has 0 saturated carbocycles. The van der Waals surface area contributed by atoms with Gasteiger partial charge in [-0.05, 0) is 103 Å². The summed E-state index contributed by atoms with van der Waals surface area (Å²) in [6.45, 7) is 5.04. The molecule has 1 aromatic carbocycles. The predicted molar refractivity (Wildman–Crippen MR) is 293 cm³/mol. The predicted octanol–water partition coefficient (Wildman–Crippen LogP) is -0.616. The molecule has 13 amide bonds. The normalized spacial score (nSPS) is 18.1. The molecule has 442 valence electrons. The van der Waals surface area contributed by atoms with Gasteiger partial charge in [0.2, 0.25) is 53.2 Å². The number of hydrogen-bond donors (Lipinski definition) is 14. The lowest BCUT2D eigenvalue weighted by molar-refractivity contribution is -0.146. The molecule has 2 aromatic rings. The minimum absolute atomic E-state index is 0.00991. The lowest BCUT2D eigenvalue weighted by Gasteiger charge is -2.37. The van der Waals surface area contributed by atoms with E-state index in [1.807, 2.05) is 13.0 Å². The first kappa shape index (κ1) is 64.8. The maximum absolute atomic E-state index is 14.5. The van der Waals surface area contributed by atoms with Crippen molar-refractivity contribution in [2.45, 2.75) is 178 Å². The number of urea groups is 2. The van der Waals surface area contributed by atoms with Crippen LogP contribution in [0.1, 0.15) is 123 Å². The molecule has 2 aliphatic rings. The molecule has 28 heteroatoms. The van der Waals surface area contributed by atoms with Gasteiger partial charge in [-0.2, -0.15) is 0 Å². The summed E-state index contributed by atoms with van der Waals surface area (Å²) in [6.07, 6.45) is 6.52. The van der Waals surface area contributed by atoms with Crippen molar-refractivity contribution in [3.05, 3.63) is 36.0 Å². The third-order valence-corrected chi connectivity index (χ3v) is 14.2. The van der Waals surface area contributed by atoms with Crippen molar-refractivity contribution in [2.75, 3.05) is 25.5 Å². The van der Waals surface area contributed by atoms with Gasteiger partial charge < -0.3 is 79.6 Å². The number of rotatable bonds is 34. The maximum atomic E-state index is 14.5. The van der Waals surface area contributed by atoms with Crippen molar-refractivity contribution < 1.29 is 62.6 Å². The fraction of sp³-hybridized carbons (Fsp3) is 0.615. The quantitative estimate of drug-likeness (QED) is 0.0308. The molecule has 27 nitrogen and oxygen atoms in total. The number of fused-ring (bicyclic) bond motifs is 1. The van der Waals surface area contributed by atoms with E-state index in [1.54, 1.807) is 24.4 Å². The van der Waals surface area contributed by atoms with Gasteiger partial charge in [-0.15, -0.1) is 11.6 Å². The number of carboxylic acid groups (broad SMARTS) is 1. The van der Waals surface area contributed by atoms with E-state index in [0.29, 0.717) is 50.6 Å². The molecule has 80 heavy (non-hydrogen) atoms. The number of H-pyrrole nitrogens is 1. The lowest BCUT2D eigenvalue weighted by atomic mass is 9.97. The van der Waals surface area contributed by atoms with E-state index in [2.05, 4.69) is 58.2 Å². The number of likely N-dealkylation sites (tertiary alicyclic amines) is 1. The number of aromatic nitrogens is 1. The Morgan fingerprint density at radius 2 is 1.36 bits per heavy atom. The summed E-state index contributed by atoms with van der Waals surface area (Å²) in [5, 5.41) is 36.5. The van der Waals surface area contributed by atoms with Crippen LogP contribution in [0.2, 0.25) is 0 Å². The number of alkyl halides is 1. The van der Waals surface area contributed by atoms with Gasteiger partial charge in [0.05, 0.1) is 6.04 Å². The molecule has 9 atom stereocenters. The van der Waals surface area contributed by atoms with Gasteiger partial charge in [-0.3, -0.25) is 47.9 Å². The first-order valence-corrected chi connectivity index (χ1v) is 27.7. The number of primary amides is 2. The molecule has 0 bridgehead atoms. The van der Waals surface area contributed by atoms with Crippen LogP contribution in [0.15, 0.2) is 30.5 Å². The topological polar surface area (TPSA) is 416 Å². The number of nitrogens with two attached hydrogens (primary N) is 2. The van der Waals surface area contributed by atoms with E-state index >= 15 is 0 Å². The molecule has 2 aliphatic heterocycles.